The summed E-state index contributed by atoms with van der Waals surface area (Å²) in [6, 6.07) is 25.3. The number of aromatic nitrogens is 2. The lowest BCUT2D eigenvalue weighted by Crippen LogP contribution is -2.44. The number of anilines is 1. The smallest absolute Gasteiger partial charge is 0.359 e. The minimum atomic E-state index is -3.84. The fourth-order valence-corrected chi connectivity index (χ4v) is 6.55. The summed E-state index contributed by atoms with van der Waals surface area (Å²) in [6.45, 7) is 0.572. The molecule has 1 atom stereocenters. The van der Waals surface area contributed by atoms with E-state index >= 15 is 0 Å². The largest absolute Gasteiger partial charge is 0.492 e. The van der Waals surface area contributed by atoms with Crippen LogP contribution in [0, 0.1) is 0 Å². The number of fused-ring (bicyclic) bond motifs is 1. The number of carbonyl (C=O) groups is 1. The van der Waals surface area contributed by atoms with Gasteiger partial charge in [0.15, 0.2) is 6.04 Å². The number of carbonyl (C=O) groups excluding carboxylic acids is 1. The number of ether oxygens (including phenoxy) is 1. The summed E-state index contributed by atoms with van der Waals surface area (Å²) in [5, 5.41) is 3.98. The van der Waals surface area contributed by atoms with Crippen LogP contribution in [0.5, 0.6) is 5.75 Å². The Balaban J connectivity index is 1.13. The number of unbranched alkanes of at least 4 members (excludes halogenated alkanes) is 7. The molecule has 0 saturated carbocycles. The van der Waals surface area contributed by atoms with Crippen molar-refractivity contribution in [2.24, 2.45) is 0 Å². The lowest BCUT2D eigenvalue weighted by atomic mass is 10.1. The highest BCUT2D eigenvalue weighted by molar-refractivity contribution is 7.85. The van der Waals surface area contributed by atoms with E-state index in [0.29, 0.717) is 36.6 Å². The maximum absolute atomic E-state index is 13.7. The molecule has 1 aromatic heterocycles. The first-order chi connectivity index (χ1) is 22.3. The van der Waals surface area contributed by atoms with Crippen LogP contribution in [0.2, 0.25) is 5.02 Å². The summed E-state index contributed by atoms with van der Waals surface area (Å²) in [7, 11) is -3.84. The maximum atomic E-state index is 13.7. The molecule has 2 heterocycles. The minimum Gasteiger partial charge on any atom is -0.492 e. The van der Waals surface area contributed by atoms with Crippen molar-refractivity contribution in [3.8, 4) is 17.0 Å². The molecular formula is C36H41ClN3O5S+. The lowest BCUT2D eigenvalue weighted by molar-refractivity contribution is -0.552. The van der Waals surface area contributed by atoms with Gasteiger partial charge < -0.3 is 4.74 Å². The zero-order valence-corrected chi connectivity index (χ0v) is 27.5. The van der Waals surface area contributed by atoms with Gasteiger partial charge in [-0.2, -0.15) is 13.0 Å². The van der Waals surface area contributed by atoms with Crippen molar-refractivity contribution in [2.45, 2.75) is 70.3 Å². The Morgan fingerprint density at radius 3 is 2.17 bits per heavy atom. The normalized spacial score (nSPS) is 14.2. The van der Waals surface area contributed by atoms with E-state index in [1.165, 1.54) is 0 Å². The summed E-state index contributed by atoms with van der Waals surface area (Å²) in [4.78, 5) is 18.7. The van der Waals surface area contributed by atoms with Gasteiger partial charge in [0.1, 0.15) is 23.3 Å². The highest BCUT2D eigenvalue weighted by atomic mass is 35.5. The fraction of sp³-hybridized carbons (Fsp3) is 0.361. The molecule has 0 spiro atoms. The molecule has 0 amide bonds. The van der Waals surface area contributed by atoms with Crippen molar-refractivity contribution in [2.75, 3.05) is 17.7 Å². The Morgan fingerprint density at radius 2 is 1.50 bits per heavy atom. The highest BCUT2D eigenvalue weighted by Gasteiger charge is 2.41. The summed E-state index contributed by atoms with van der Waals surface area (Å²) in [5.41, 5.74) is 4.59. The van der Waals surface area contributed by atoms with Crippen LogP contribution in [0.1, 0.15) is 73.0 Å². The average molecular weight is 663 g/mol. The molecule has 46 heavy (non-hydrogen) atoms. The van der Waals surface area contributed by atoms with Gasteiger partial charge in [-0.25, -0.2) is 9.78 Å². The third kappa shape index (κ3) is 9.61. The summed E-state index contributed by atoms with van der Waals surface area (Å²) in [6.07, 6.45) is 10.4. The Kier molecular flexibility index (Phi) is 11.8. The van der Waals surface area contributed by atoms with Crippen molar-refractivity contribution in [1.29, 1.82) is 0 Å². The molecule has 3 aromatic carbocycles. The summed E-state index contributed by atoms with van der Waals surface area (Å²) >= 11 is 6.60. The van der Waals surface area contributed by atoms with E-state index < -0.39 is 16.2 Å². The van der Waals surface area contributed by atoms with E-state index in [-0.39, 0.29) is 11.7 Å². The zero-order chi connectivity index (χ0) is 32.4. The standard InChI is InChI=1S/C36H40ClN3O5S/c37-30-23-28(19-20-34(30)45-21-13-5-3-1-2-4-6-14-22-46(42,43)44)25-32-36(41)40-26-33(29-17-11-8-12-18-29)38-31(35(40)39-32)24-27-15-9-7-10-16-27/h7-12,15-20,23,26,32H,1-6,13-14,21-22,24-25H2,(H,42,43,44)/p+1. The minimum absolute atomic E-state index is 0.0292. The van der Waals surface area contributed by atoms with Gasteiger partial charge >= 0.3 is 11.7 Å². The third-order valence-corrected chi connectivity index (χ3v) is 9.24. The van der Waals surface area contributed by atoms with Crippen LogP contribution in [-0.2, 0) is 23.0 Å². The fourth-order valence-electron chi connectivity index (χ4n) is 5.73. The van der Waals surface area contributed by atoms with Gasteiger partial charge in [-0.3, -0.25) is 9.87 Å². The molecule has 5 rings (SSSR count). The summed E-state index contributed by atoms with van der Waals surface area (Å²) < 4.78 is 37.9. The van der Waals surface area contributed by atoms with Gasteiger partial charge in [0, 0.05) is 18.4 Å². The SMILES string of the molecule is O=C1C(Cc2ccc(OCCCCCCCCCCS(=O)(=O)O)c(Cl)c2)Nc2c(Cc3ccccc3)nc(-c3ccccc3)c[n+]21. The number of benzene rings is 3. The Morgan fingerprint density at radius 1 is 0.848 bits per heavy atom. The van der Waals surface area contributed by atoms with E-state index in [0.717, 1.165) is 78.8 Å². The average Bonchev–Trinajstić information content (AvgIpc) is 3.36. The van der Waals surface area contributed by atoms with Crippen LogP contribution in [0.3, 0.4) is 0 Å². The molecule has 0 fully saturated rings. The van der Waals surface area contributed by atoms with Gasteiger partial charge in [0.2, 0.25) is 0 Å². The molecule has 4 aromatic rings. The van der Waals surface area contributed by atoms with Crippen molar-refractivity contribution < 1.29 is 27.1 Å². The van der Waals surface area contributed by atoms with E-state index in [1.54, 1.807) is 4.57 Å². The van der Waals surface area contributed by atoms with Crippen LogP contribution >= 0.6 is 11.6 Å². The predicted molar refractivity (Wildman–Crippen MR) is 181 cm³/mol. The third-order valence-electron chi connectivity index (χ3n) is 8.14. The van der Waals surface area contributed by atoms with Gasteiger partial charge in [-0.1, -0.05) is 117 Å². The van der Waals surface area contributed by atoms with E-state index in [9.17, 15) is 13.2 Å². The van der Waals surface area contributed by atoms with Crippen LogP contribution in [-0.4, -0.2) is 42.3 Å². The Hall–Kier alpha value is -3.79. The second-order valence-electron chi connectivity index (χ2n) is 11.8. The van der Waals surface area contributed by atoms with E-state index in [4.69, 9.17) is 25.9 Å². The molecule has 10 heteroatoms. The van der Waals surface area contributed by atoms with Gasteiger partial charge in [-0.15, -0.1) is 0 Å². The molecule has 0 bridgehead atoms. The van der Waals surface area contributed by atoms with Crippen molar-refractivity contribution >= 4 is 33.4 Å². The summed E-state index contributed by atoms with van der Waals surface area (Å²) in [5.74, 6) is 1.18. The van der Waals surface area contributed by atoms with E-state index in [2.05, 4.69) is 17.4 Å². The van der Waals surface area contributed by atoms with Gasteiger partial charge in [0.05, 0.1) is 17.4 Å². The topological polar surface area (TPSA) is 109 Å². The van der Waals surface area contributed by atoms with Crippen molar-refractivity contribution in [1.82, 2.24) is 4.98 Å². The molecule has 1 aliphatic heterocycles. The van der Waals surface area contributed by atoms with Crippen LogP contribution < -0.4 is 14.6 Å². The molecule has 0 saturated heterocycles. The number of rotatable bonds is 17. The van der Waals surface area contributed by atoms with Crippen LogP contribution in [0.15, 0.2) is 85.1 Å². The zero-order valence-electron chi connectivity index (χ0n) is 25.9. The first-order valence-corrected chi connectivity index (χ1v) is 18.0. The number of nitrogens with one attached hydrogen (secondary N) is 1. The molecule has 0 aliphatic carbocycles. The molecule has 1 aliphatic rings. The van der Waals surface area contributed by atoms with E-state index in [1.807, 2.05) is 72.9 Å². The molecule has 242 valence electrons. The number of hydrogen-bond donors (Lipinski definition) is 2. The molecular weight excluding hydrogens is 622 g/mol. The number of halogens is 1. The number of hydrogen-bond acceptors (Lipinski definition) is 6. The maximum Gasteiger partial charge on any atom is 0.359 e. The predicted octanol–water partition coefficient (Wildman–Crippen LogP) is 7.34. The van der Waals surface area contributed by atoms with Crippen LogP contribution in [0.25, 0.3) is 11.3 Å². The lowest BCUT2D eigenvalue weighted by Gasteiger charge is -2.10. The quantitative estimate of drug-likeness (QED) is 0.0691. The highest BCUT2D eigenvalue weighted by Crippen LogP contribution is 2.29. The first kappa shape index (κ1) is 33.6. The number of nitrogens with zero attached hydrogens (tertiary/aromatic N) is 2. The van der Waals surface area contributed by atoms with Crippen LogP contribution in [0.4, 0.5) is 5.82 Å². The monoisotopic (exact) mass is 662 g/mol. The second kappa shape index (κ2) is 16.2. The molecule has 1 unspecified atom stereocenters. The Bertz CT molecular complexity index is 1720. The Labute approximate surface area is 276 Å². The van der Waals surface area contributed by atoms with Crippen molar-refractivity contribution in [3.05, 3.63) is 107 Å². The second-order valence-corrected chi connectivity index (χ2v) is 13.8. The first-order valence-electron chi connectivity index (χ1n) is 16.0. The van der Waals surface area contributed by atoms with Crippen molar-refractivity contribution in [3.63, 3.8) is 0 Å². The molecule has 2 N–H and O–H groups in total. The molecule has 8 nitrogen and oxygen atoms in total. The van der Waals surface area contributed by atoms with Gasteiger partial charge in [0.25, 0.3) is 10.1 Å². The van der Waals surface area contributed by atoms with Gasteiger partial charge in [-0.05, 0) is 36.1 Å². The molecule has 0 radical (unpaired) electrons.